The molecular formula is C11H21NOS2. The van der Waals surface area contributed by atoms with Crippen LogP contribution < -0.4 is 5.32 Å². The second-order valence-electron chi connectivity index (χ2n) is 4.63. The molecule has 0 amide bonds. The van der Waals surface area contributed by atoms with E-state index in [2.05, 4.69) is 28.8 Å². The maximum atomic E-state index is 10.1. The van der Waals surface area contributed by atoms with Crippen LogP contribution in [0, 0.1) is 0 Å². The third kappa shape index (κ3) is 3.84. The summed E-state index contributed by atoms with van der Waals surface area (Å²) in [4.78, 5) is 0. The molecule has 1 aliphatic carbocycles. The van der Waals surface area contributed by atoms with Gasteiger partial charge in [-0.1, -0.05) is 12.8 Å². The Hall–Kier alpha value is 0.620. The van der Waals surface area contributed by atoms with E-state index in [1.807, 2.05) is 0 Å². The van der Waals surface area contributed by atoms with E-state index in [0.717, 1.165) is 31.2 Å². The van der Waals surface area contributed by atoms with Crippen LogP contribution in [-0.2, 0) is 0 Å². The van der Waals surface area contributed by atoms with E-state index < -0.39 is 0 Å². The molecule has 15 heavy (non-hydrogen) atoms. The number of rotatable bonds is 4. The third-order valence-electron chi connectivity index (χ3n) is 3.25. The van der Waals surface area contributed by atoms with Crippen molar-refractivity contribution < 1.29 is 5.11 Å². The Morgan fingerprint density at radius 1 is 1.27 bits per heavy atom. The number of nitrogens with one attached hydrogen (secondary N) is 1. The fourth-order valence-corrected chi connectivity index (χ4v) is 4.98. The molecule has 1 unspecified atom stereocenters. The molecule has 0 bridgehead atoms. The minimum Gasteiger partial charge on any atom is -0.389 e. The van der Waals surface area contributed by atoms with Gasteiger partial charge in [0, 0.05) is 35.6 Å². The van der Waals surface area contributed by atoms with Gasteiger partial charge < -0.3 is 10.4 Å². The summed E-state index contributed by atoms with van der Waals surface area (Å²) in [5.41, 5.74) is -0.382. The first kappa shape index (κ1) is 12.1. The van der Waals surface area contributed by atoms with Crippen LogP contribution >= 0.6 is 23.5 Å². The summed E-state index contributed by atoms with van der Waals surface area (Å²) in [6.45, 7) is 1.87. The highest BCUT2D eigenvalue weighted by Crippen LogP contribution is 2.29. The zero-order chi connectivity index (χ0) is 10.6. The van der Waals surface area contributed by atoms with Crippen molar-refractivity contribution in [2.75, 3.05) is 30.3 Å². The van der Waals surface area contributed by atoms with Gasteiger partial charge in [-0.3, -0.25) is 0 Å². The Morgan fingerprint density at radius 3 is 2.73 bits per heavy atom. The predicted molar refractivity (Wildman–Crippen MR) is 69.9 cm³/mol. The maximum absolute atomic E-state index is 10.1. The molecule has 0 aromatic heterocycles. The van der Waals surface area contributed by atoms with Gasteiger partial charge in [-0.15, -0.1) is 0 Å². The molecule has 0 aromatic carbocycles. The van der Waals surface area contributed by atoms with Gasteiger partial charge in [0.05, 0.1) is 5.60 Å². The van der Waals surface area contributed by atoms with E-state index in [-0.39, 0.29) is 5.60 Å². The summed E-state index contributed by atoms with van der Waals surface area (Å²) in [7, 11) is 0. The molecule has 0 aromatic rings. The van der Waals surface area contributed by atoms with Gasteiger partial charge >= 0.3 is 0 Å². The molecule has 4 heteroatoms. The lowest BCUT2D eigenvalue weighted by Gasteiger charge is -2.26. The third-order valence-corrected chi connectivity index (χ3v) is 6.09. The SMILES string of the molecule is OC1(CNCC2CSCCS2)CCCC1. The van der Waals surface area contributed by atoms with Crippen LogP contribution in [0.1, 0.15) is 25.7 Å². The number of aliphatic hydroxyl groups is 1. The molecule has 2 fully saturated rings. The molecule has 2 nitrogen and oxygen atoms in total. The van der Waals surface area contributed by atoms with Crippen molar-refractivity contribution in [2.45, 2.75) is 36.5 Å². The highest BCUT2D eigenvalue weighted by molar-refractivity contribution is 8.06. The van der Waals surface area contributed by atoms with Gasteiger partial charge in [-0.05, 0) is 12.8 Å². The Balaban J connectivity index is 1.61. The molecule has 2 aliphatic rings. The van der Waals surface area contributed by atoms with Crippen molar-refractivity contribution in [1.82, 2.24) is 5.32 Å². The van der Waals surface area contributed by atoms with E-state index in [4.69, 9.17) is 0 Å². The van der Waals surface area contributed by atoms with E-state index >= 15 is 0 Å². The van der Waals surface area contributed by atoms with Gasteiger partial charge in [-0.2, -0.15) is 23.5 Å². The number of thioether (sulfide) groups is 2. The van der Waals surface area contributed by atoms with Crippen LogP contribution in [0.3, 0.4) is 0 Å². The summed E-state index contributed by atoms with van der Waals surface area (Å²) in [6, 6.07) is 0. The second-order valence-corrected chi connectivity index (χ2v) is 7.19. The summed E-state index contributed by atoms with van der Waals surface area (Å²) in [6.07, 6.45) is 4.39. The number of hydrogen-bond acceptors (Lipinski definition) is 4. The first-order valence-corrected chi connectivity index (χ1v) is 8.11. The monoisotopic (exact) mass is 247 g/mol. The van der Waals surface area contributed by atoms with Gasteiger partial charge in [0.15, 0.2) is 0 Å². The van der Waals surface area contributed by atoms with E-state index in [1.165, 1.54) is 30.1 Å². The Morgan fingerprint density at radius 2 is 2.07 bits per heavy atom. The fraction of sp³-hybridized carbons (Fsp3) is 1.00. The molecule has 1 aliphatic heterocycles. The molecule has 0 radical (unpaired) electrons. The smallest absolute Gasteiger partial charge is 0.0771 e. The van der Waals surface area contributed by atoms with Crippen molar-refractivity contribution in [3.05, 3.63) is 0 Å². The summed E-state index contributed by atoms with van der Waals surface area (Å²) >= 11 is 4.14. The molecule has 1 saturated carbocycles. The van der Waals surface area contributed by atoms with E-state index in [0.29, 0.717) is 0 Å². The van der Waals surface area contributed by atoms with Crippen molar-refractivity contribution in [3.8, 4) is 0 Å². The lowest BCUT2D eigenvalue weighted by molar-refractivity contribution is 0.0481. The average Bonchev–Trinajstić information content (AvgIpc) is 2.67. The van der Waals surface area contributed by atoms with Crippen LogP contribution in [0.4, 0.5) is 0 Å². The minimum absolute atomic E-state index is 0.382. The van der Waals surface area contributed by atoms with Gasteiger partial charge in [0.2, 0.25) is 0 Å². The average molecular weight is 247 g/mol. The lowest BCUT2D eigenvalue weighted by atomic mass is 10.0. The largest absolute Gasteiger partial charge is 0.389 e. The molecule has 2 N–H and O–H groups in total. The van der Waals surface area contributed by atoms with Crippen molar-refractivity contribution in [2.24, 2.45) is 0 Å². The van der Waals surface area contributed by atoms with Crippen LogP contribution in [0.5, 0.6) is 0 Å². The van der Waals surface area contributed by atoms with Crippen molar-refractivity contribution in [1.29, 1.82) is 0 Å². The summed E-state index contributed by atoms with van der Waals surface area (Å²) in [5.74, 6) is 3.88. The van der Waals surface area contributed by atoms with E-state index in [9.17, 15) is 5.11 Å². The highest BCUT2D eigenvalue weighted by Gasteiger charge is 2.30. The molecule has 0 spiro atoms. The van der Waals surface area contributed by atoms with E-state index in [1.54, 1.807) is 0 Å². The zero-order valence-electron chi connectivity index (χ0n) is 9.21. The van der Waals surface area contributed by atoms with Crippen molar-refractivity contribution in [3.63, 3.8) is 0 Å². The molecular weight excluding hydrogens is 226 g/mol. The van der Waals surface area contributed by atoms with Crippen molar-refractivity contribution >= 4 is 23.5 Å². The molecule has 2 rings (SSSR count). The second kappa shape index (κ2) is 5.80. The molecule has 1 heterocycles. The first-order valence-electron chi connectivity index (χ1n) is 5.91. The Labute approximate surface area is 101 Å². The van der Waals surface area contributed by atoms with Crippen LogP contribution in [0.15, 0.2) is 0 Å². The lowest BCUT2D eigenvalue weighted by Crippen LogP contribution is -2.41. The quantitative estimate of drug-likeness (QED) is 0.792. The molecule has 88 valence electrons. The predicted octanol–water partition coefficient (Wildman–Crippen LogP) is 1.73. The maximum Gasteiger partial charge on any atom is 0.0771 e. The summed E-state index contributed by atoms with van der Waals surface area (Å²) < 4.78 is 0. The topological polar surface area (TPSA) is 32.3 Å². The standard InChI is InChI=1S/C11H21NOS2/c13-11(3-1-2-4-11)9-12-7-10-8-14-5-6-15-10/h10,12-13H,1-9H2. The van der Waals surface area contributed by atoms with Gasteiger partial charge in [0.1, 0.15) is 0 Å². The Kier molecular flexibility index (Phi) is 4.68. The summed E-state index contributed by atoms with van der Waals surface area (Å²) in [5, 5.41) is 14.4. The van der Waals surface area contributed by atoms with Crippen LogP contribution in [-0.4, -0.2) is 46.3 Å². The molecule has 1 atom stereocenters. The normalized spacial score (nSPS) is 30.6. The zero-order valence-corrected chi connectivity index (χ0v) is 10.8. The first-order chi connectivity index (χ1) is 7.29. The number of hydrogen-bond donors (Lipinski definition) is 2. The molecule has 1 saturated heterocycles. The van der Waals surface area contributed by atoms with Crippen LogP contribution in [0.25, 0.3) is 0 Å². The van der Waals surface area contributed by atoms with Gasteiger partial charge in [-0.25, -0.2) is 0 Å². The van der Waals surface area contributed by atoms with Crippen LogP contribution in [0.2, 0.25) is 0 Å². The minimum atomic E-state index is -0.382. The fourth-order valence-electron chi connectivity index (χ4n) is 2.33. The highest BCUT2D eigenvalue weighted by atomic mass is 32.2. The van der Waals surface area contributed by atoms with Gasteiger partial charge in [0.25, 0.3) is 0 Å². The Bertz CT molecular complexity index is 189.